The lowest BCUT2D eigenvalue weighted by molar-refractivity contribution is -0.133. The predicted molar refractivity (Wildman–Crippen MR) is 89.6 cm³/mol. The molecule has 1 aromatic heterocycles. The van der Waals surface area contributed by atoms with E-state index in [1.165, 1.54) is 11.8 Å². The Morgan fingerprint density at radius 3 is 2.57 bits per heavy atom. The predicted octanol–water partition coefficient (Wildman–Crippen LogP) is 2.61. The van der Waals surface area contributed by atoms with E-state index in [9.17, 15) is 4.79 Å². The number of rotatable bonds is 9. The number of hydrogen-bond acceptors (Lipinski definition) is 6. The third kappa shape index (κ3) is 4.81. The van der Waals surface area contributed by atoms with Crippen molar-refractivity contribution in [2.45, 2.75) is 44.4 Å². The standard InChI is InChI=1S/C13H24N4O2S2/c1-6-10(7-20-5)16(4)12-14-15-13(17(12)9(2)3)21-8-11(18)19/h9-10H,6-8H2,1-5H3,(H,18,19). The van der Waals surface area contributed by atoms with Crippen LogP contribution in [0.2, 0.25) is 0 Å². The molecule has 1 heterocycles. The van der Waals surface area contributed by atoms with Gasteiger partial charge in [-0.2, -0.15) is 11.8 Å². The summed E-state index contributed by atoms with van der Waals surface area (Å²) < 4.78 is 2.01. The molecule has 6 nitrogen and oxygen atoms in total. The molecule has 21 heavy (non-hydrogen) atoms. The van der Waals surface area contributed by atoms with Crippen molar-refractivity contribution in [1.29, 1.82) is 0 Å². The minimum atomic E-state index is -0.845. The number of carboxylic acid groups (broad SMARTS) is 1. The van der Waals surface area contributed by atoms with Crippen molar-refractivity contribution in [2.24, 2.45) is 0 Å². The average Bonchev–Trinajstić information content (AvgIpc) is 2.85. The highest BCUT2D eigenvalue weighted by molar-refractivity contribution is 7.99. The molecule has 1 atom stereocenters. The van der Waals surface area contributed by atoms with Gasteiger partial charge in [0.15, 0.2) is 5.16 Å². The summed E-state index contributed by atoms with van der Waals surface area (Å²) in [5, 5.41) is 17.9. The Hall–Kier alpha value is -0.890. The van der Waals surface area contributed by atoms with Gasteiger partial charge in [-0.05, 0) is 26.5 Å². The molecule has 0 aliphatic carbocycles. The zero-order chi connectivity index (χ0) is 16.0. The molecule has 0 radical (unpaired) electrons. The lowest BCUT2D eigenvalue weighted by Crippen LogP contribution is -2.35. The van der Waals surface area contributed by atoms with E-state index in [4.69, 9.17) is 5.11 Å². The number of carboxylic acids is 1. The highest BCUT2D eigenvalue weighted by Gasteiger charge is 2.22. The Labute approximate surface area is 134 Å². The van der Waals surface area contributed by atoms with Gasteiger partial charge in [0, 0.05) is 24.9 Å². The van der Waals surface area contributed by atoms with E-state index < -0.39 is 5.97 Å². The number of anilines is 1. The van der Waals surface area contributed by atoms with E-state index in [0.29, 0.717) is 11.2 Å². The molecule has 0 aliphatic heterocycles. The van der Waals surface area contributed by atoms with E-state index in [1.807, 2.05) is 23.4 Å². The number of aliphatic carboxylic acids is 1. The van der Waals surface area contributed by atoms with Crippen molar-refractivity contribution in [1.82, 2.24) is 14.8 Å². The fourth-order valence-corrected chi connectivity index (χ4v) is 3.67. The van der Waals surface area contributed by atoms with Crippen LogP contribution in [0.3, 0.4) is 0 Å². The Kier molecular flexibility index (Phi) is 7.37. The maximum atomic E-state index is 10.7. The number of nitrogens with zero attached hydrogens (tertiary/aromatic N) is 4. The largest absolute Gasteiger partial charge is 0.481 e. The molecule has 0 spiro atoms. The zero-order valence-electron chi connectivity index (χ0n) is 13.2. The van der Waals surface area contributed by atoms with Crippen molar-refractivity contribution in [3.05, 3.63) is 0 Å². The summed E-state index contributed by atoms with van der Waals surface area (Å²) in [6.45, 7) is 6.27. The van der Waals surface area contributed by atoms with Crippen LogP contribution in [-0.2, 0) is 4.79 Å². The quantitative estimate of drug-likeness (QED) is 0.697. The van der Waals surface area contributed by atoms with Gasteiger partial charge in [0.1, 0.15) is 0 Å². The molecule has 1 rings (SSSR count). The molecular formula is C13H24N4O2S2. The van der Waals surface area contributed by atoms with Gasteiger partial charge in [0.25, 0.3) is 0 Å². The van der Waals surface area contributed by atoms with E-state index in [2.05, 4.69) is 42.1 Å². The third-order valence-corrected chi connectivity index (χ3v) is 4.83. The summed E-state index contributed by atoms with van der Waals surface area (Å²) in [6.07, 6.45) is 3.12. The van der Waals surface area contributed by atoms with Gasteiger partial charge >= 0.3 is 5.97 Å². The maximum Gasteiger partial charge on any atom is 0.313 e. The third-order valence-electron chi connectivity index (χ3n) is 3.18. The van der Waals surface area contributed by atoms with Crippen LogP contribution in [0.1, 0.15) is 33.2 Å². The van der Waals surface area contributed by atoms with E-state index in [1.54, 1.807) is 0 Å². The minimum absolute atomic E-state index is 0.00339. The molecule has 0 aliphatic rings. The molecule has 0 saturated carbocycles. The van der Waals surface area contributed by atoms with Gasteiger partial charge in [-0.15, -0.1) is 10.2 Å². The van der Waals surface area contributed by atoms with Gasteiger partial charge in [0.05, 0.1) is 5.75 Å². The normalized spacial score (nSPS) is 12.7. The van der Waals surface area contributed by atoms with Crippen LogP contribution >= 0.6 is 23.5 Å². The summed E-state index contributed by atoms with van der Waals surface area (Å²) in [5.41, 5.74) is 0. The maximum absolute atomic E-state index is 10.7. The van der Waals surface area contributed by atoms with Crippen molar-refractivity contribution < 1.29 is 9.90 Å². The lowest BCUT2D eigenvalue weighted by Gasteiger charge is -2.28. The van der Waals surface area contributed by atoms with Crippen LogP contribution in [0, 0.1) is 0 Å². The van der Waals surface area contributed by atoms with Gasteiger partial charge in [-0.3, -0.25) is 9.36 Å². The summed E-state index contributed by atoms with van der Waals surface area (Å²) in [6, 6.07) is 0.569. The Morgan fingerprint density at radius 2 is 2.10 bits per heavy atom. The molecule has 0 amide bonds. The molecule has 0 aromatic carbocycles. The zero-order valence-corrected chi connectivity index (χ0v) is 14.9. The first-order valence-electron chi connectivity index (χ1n) is 6.93. The SMILES string of the molecule is CCC(CSC)N(C)c1nnc(SCC(=O)O)n1C(C)C. The van der Waals surface area contributed by atoms with Crippen LogP contribution in [0.5, 0.6) is 0 Å². The smallest absolute Gasteiger partial charge is 0.313 e. The van der Waals surface area contributed by atoms with Gasteiger partial charge in [-0.25, -0.2) is 0 Å². The van der Waals surface area contributed by atoms with Gasteiger partial charge < -0.3 is 10.0 Å². The second-order valence-corrected chi connectivity index (χ2v) is 6.91. The van der Waals surface area contributed by atoms with Crippen molar-refractivity contribution in [2.75, 3.05) is 29.7 Å². The minimum Gasteiger partial charge on any atom is -0.481 e. The molecule has 120 valence electrons. The van der Waals surface area contributed by atoms with E-state index in [-0.39, 0.29) is 11.8 Å². The molecule has 8 heteroatoms. The van der Waals surface area contributed by atoms with Gasteiger partial charge in [0.2, 0.25) is 5.95 Å². The Balaban J connectivity index is 3.03. The van der Waals surface area contributed by atoms with Crippen LogP contribution in [-0.4, -0.2) is 56.7 Å². The van der Waals surface area contributed by atoms with Crippen LogP contribution in [0.15, 0.2) is 5.16 Å². The molecular weight excluding hydrogens is 308 g/mol. The molecule has 0 saturated heterocycles. The second kappa shape index (κ2) is 8.53. The number of carbonyl (C=O) groups is 1. The van der Waals surface area contributed by atoms with Crippen molar-refractivity contribution >= 4 is 35.4 Å². The number of hydrogen-bond donors (Lipinski definition) is 1. The summed E-state index contributed by atoms with van der Waals surface area (Å²) in [4.78, 5) is 12.9. The Bertz CT molecular complexity index is 465. The first-order chi connectivity index (χ1) is 9.92. The summed E-state index contributed by atoms with van der Waals surface area (Å²) in [7, 11) is 2.03. The fraction of sp³-hybridized carbons (Fsp3) is 0.769. The lowest BCUT2D eigenvalue weighted by atomic mass is 10.2. The first-order valence-corrected chi connectivity index (χ1v) is 9.31. The van der Waals surface area contributed by atoms with Crippen molar-refractivity contribution in [3.8, 4) is 0 Å². The topological polar surface area (TPSA) is 71.2 Å². The van der Waals surface area contributed by atoms with E-state index >= 15 is 0 Å². The monoisotopic (exact) mass is 332 g/mol. The summed E-state index contributed by atoms with van der Waals surface area (Å²) >= 11 is 3.02. The molecule has 0 bridgehead atoms. The molecule has 0 fully saturated rings. The highest BCUT2D eigenvalue weighted by Crippen LogP contribution is 2.27. The van der Waals surface area contributed by atoms with E-state index in [0.717, 1.165) is 18.1 Å². The first kappa shape index (κ1) is 18.2. The molecule has 1 N–H and O–H groups in total. The van der Waals surface area contributed by atoms with Crippen LogP contribution < -0.4 is 4.90 Å². The molecule has 1 unspecified atom stereocenters. The van der Waals surface area contributed by atoms with Gasteiger partial charge in [-0.1, -0.05) is 18.7 Å². The van der Waals surface area contributed by atoms with Crippen LogP contribution in [0.4, 0.5) is 5.95 Å². The fourth-order valence-electron chi connectivity index (χ4n) is 2.05. The second-order valence-electron chi connectivity index (χ2n) is 5.06. The Morgan fingerprint density at radius 1 is 1.43 bits per heavy atom. The summed E-state index contributed by atoms with van der Waals surface area (Å²) in [5.74, 6) is 0.979. The highest BCUT2D eigenvalue weighted by atomic mass is 32.2. The number of thioether (sulfide) groups is 2. The average molecular weight is 332 g/mol. The molecule has 1 aromatic rings. The number of aromatic nitrogens is 3. The van der Waals surface area contributed by atoms with Crippen LogP contribution in [0.25, 0.3) is 0 Å². The van der Waals surface area contributed by atoms with Crippen molar-refractivity contribution in [3.63, 3.8) is 0 Å².